The first-order chi connectivity index (χ1) is 8.13. The summed E-state index contributed by atoms with van der Waals surface area (Å²) >= 11 is 3.39. The zero-order valence-corrected chi connectivity index (χ0v) is 12.3. The molecule has 1 aliphatic rings. The van der Waals surface area contributed by atoms with E-state index in [4.69, 9.17) is 4.74 Å². The van der Waals surface area contributed by atoms with Crippen molar-refractivity contribution in [2.24, 2.45) is 0 Å². The summed E-state index contributed by atoms with van der Waals surface area (Å²) in [4.78, 5) is 0. The third-order valence-electron chi connectivity index (χ3n) is 2.75. The van der Waals surface area contributed by atoms with Crippen LogP contribution in [0.3, 0.4) is 0 Å². The fourth-order valence-electron chi connectivity index (χ4n) is 1.75. The SMILES string of the molecule is C=C(Br)C(C)=CC(=CCC)OC1CCCNC1. The summed E-state index contributed by atoms with van der Waals surface area (Å²) in [6.07, 6.45) is 7.78. The highest BCUT2D eigenvalue weighted by Gasteiger charge is 2.14. The molecule has 0 spiro atoms. The van der Waals surface area contributed by atoms with Crippen LogP contribution in [-0.4, -0.2) is 19.2 Å². The van der Waals surface area contributed by atoms with Gasteiger partial charge in [0.1, 0.15) is 11.9 Å². The van der Waals surface area contributed by atoms with Crippen molar-refractivity contribution in [1.29, 1.82) is 0 Å². The van der Waals surface area contributed by atoms with Gasteiger partial charge >= 0.3 is 0 Å². The van der Waals surface area contributed by atoms with Crippen molar-refractivity contribution in [3.05, 3.63) is 34.5 Å². The van der Waals surface area contributed by atoms with Gasteiger partial charge < -0.3 is 10.1 Å². The summed E-state index contributed by atoms with van der Waals surface area (Å²) in [6.45, 7) is 10.1. The Morgan fingerprint density at radius 3 is 2.88 bits per heavy atom. The lowest BCUT2D eigenvalue weighted by Gasteiger charge is -2.24. The van der Waals surface area contributed by atoms with Crippen LogP contribution in [0, 0.1) is 0 Å². The van der Waals surface area contributed by atoms with Gasteiger partial charge in [0.15, 0.2) is 0 Å². The molecule has 0 radical (unpaired) electrons. The summed E-state index contributed by atoms with van der Waals surface area (Å²) in [5, 5.41) is 3.36. The highest BCUT2D eigenvalue weighted by molar-refractivity contribution is 9.11. The second-order valence-electron chi connectivity index (χ2n) is 4.33. The van der Waals surface area contributed by atoms with Crippen LogP contribution in [0.5, 0.6) is 0 Å². The smallest absolute Gasteiger partial charge is 0.116 e. The van der Waals surface area contributed by atoms with Gasteiger partial charge in [-0.25, -0.2) is 0 Å². The summed E-state index contributed by atoms with van der Waals surface area (Å²) in [6, 6.07) is 0. The molecule has 1 fully saturated rings. The molecule has 3 heteroatoms. The molecule has 96 valence electrons. The van der Waals surface area contributed by atoms with E-state index in [1.54, 1.807) is 0 Å². The maximum Gasteiger partial charge on any atom is 0.116 e. The highest BCUT2D eigenvalue weighted by Crippen LogP contribution is 2.19. The normalized spacial score (nSPS) is 22.4. The lowest BCUT2D eigenvalue weighted by Crippen LogP contribution is -2.35. The average Bonchev–Trinajstić information content (AvgIpc) is 2.30. The molecule has 2 nitrogen and oxygen atoms in total. The van der Waals surface area contributed by atoms with Crippen LogP contribution in [0.15, 0.2) is 34.5 Å². The Bertz CT molecular complexity index is 314. The molecule has 0 bridgehead atoms. The number of rotatable bonds is 5. The van der Waals surface area contributed by atoms with Gasteiger partial charge in [-0.1, -0.05) is 29.4 Å². The van der Waals surface area contributed by atoms with Crippen molar-refractivity contribution < 1.29 is 4.74 Å². The topological polar surface area (TPSA) is 21.3 Å². The summed E-state index contributed by atoms with van der Waals surface area (Å²) in [7, 11) is 0. The lowest BCUT2D eigenvalue weighted by molar-refractivity contribution is 0.0998. The maximum atomic E-state index is 6.01. The van der Waals surface area contributed by atoms with Crippen LogP contribution < -0.4 is 5.32 Å². The van der Waals surface area contributed by atoms with Crippen LogP contribution in [0.2, 0.25) is 0 Å². The predicted molar refractivity (Wildman–Crippen MR) is 77.2 cm³/mol. The number of nitrogens with one attached hydrogen (secondary N) is 1. The molecule has 1 N–H and O–H groups in total. The molecule has 1 heterocycles. The average molecular weight is 300 g/mol. The Kier molecular flexibility index (Phi) is 6.60. The van der Waals surface area contributed by atoms with Crippen LogP contribution in [0.4, 0.5) is 0 Å². The minimum absolute atomic E-state index is 0.300. The van der Waals surface area contributed by atoms with E-state index < -0.39 is 0 Å². The fraction of sp³-hybridized carbons (Fsp3) is 0.571. The van der Waals surface area contributed by atoms with Crippen molar-refractivity contribution in [3.8, 4) is 0 Å². The standard InChI is InChI=1S/C14H22BrNO/c1-4-6-13(9-11(2)12(3)15)17-14-7-5-8-16-10-14/h6,9,14,16H,3-5,7-8,10H2,1-2H3. The van der Waals surface area contributed by atoms with Crippen LogP contribution in [-0.2, 0) is 4.74 Å². The third kappa shape index (κ3) is 5.55. The molecule has 1 rings (SSSR count). The molecule has 0 aromatic rings. The molecule has 0 aromatic carbocycles. The Morgan fingerprint density at radius 2 is 2.35 bits per heavy atom. The number of ether oxygens (including phenoxy) is 1. The number of hydrogen-bond acceptors (Lipinski definition) is 2. The van der Waals surface area contributed by atoms with Crippen molar-refractivity contribution in [3.63, 3.8) is 0 Å². The van der Waals surface area contributed by atoms with E-state index in [1.165, 1.54) is 6.42 Å². The molecule has 0 aromatic heterocycles. The lowest BCUT2D eigenvalue weighted by atomic mass is 10.1. The van der Waals surface area contributed by atoms with Crippen molar-refractivity contribution in [2.75, 3.05) is 13.1 Å². The summed E-state index contributed by atoms with van der Waals surface area (Å²) < 4.78 is 6.92. The van der Waals surface area contributed by atoms with Gasteiger partial charge in [-0.2, -0.15) is 0 Å². The second-order valence-corrected chi connectivity index (χ2v) is 5.29. The number of hydrogen-bond donors (Lipinski definition) is 1. The zero-order chi connectivity index (χ0) is 12.7. The van der Waals surface area contributed by atoms with E-state index >= 15 is 0 Å². The molecule has 0 amide bonds. The van der Waals surface area contributed by atoms with Crippen LogP contribution in [0.25, 0.3) is 0 Å². The first-order valence-corrected chi connectivity index (χ1v) is 7.03. The van der Waals surface area contributed by atoms with Crippen molar-refractivity contribution >= 4 is 15.9 Å². The number of piperidine rings is 1. The Hall–Kier alpha value is -0.540. The molecule has 1 saturated heterocycles. The van der Waals surface area contributed by atoms with Gasteiger partial charge in [0.05, 0.1) is 0 Å². The van der Waals surface area contributed by atoms with Crippen molar-refractivity contribution in [2.45, 2.75) is 39.2 Å². The third-order valence-corrected chi connectivity index (χ3v) is 3.37. The van der Waals surface area contributed by atoms with Crippen LogP contribution in [0.1, 0.15) is 33.1 Å². The van der Waals surface area contributed by atoms with Gasteiger partial charge in [-0.15, -0.1) is 0 Å². The second kappa shape index (κ2) is 7.72. The number of allylic oxidation sites excluding steroid dienone is 4. The quantitative estimate of drug-likeness (QED) is 0.614. The van der Waals surface area contributed by atoms with E-state index in [-0.39, 0.29) is 0 Å². The predicted octanol–water partition coefficient (Wildman–Crippen LogP) is 3.90. The Labute approximate surface area is 113 Å². The van der Waals surface area contributed by atoms with Gasteiger partial charge in [-0.05, 0) is 50.5 Å². The van der Waals surface area contributed by atoms with Gasteiger partial charge in [0.25, 0.3) is 0 Å². The van der Waals surface area contributed by atoms with E-state index in [2.05, 4.69) is 46.9 Å². The summed E-state index contributed by atoms with van der Waals surface area (Å²) in [5.74, 6) is 0.958. The summed E-state index contributed by atoms with van der Waals surface area (Å²) in [5.41, 5.74) is 1.11. The van der Waals surface area contributed by atoms with E-state index in [1.807, 2.05) is 6.92 Å². The molecular weight excluding hydrogens is 278 g/mol. The highest BCUT2D eigenvalue weighted by atomic mass is 79.9. The van der Waals surface area contributed by atoms with Crippen molar-refractivity contribution in [1.82, 2.24) is 5.32 Å². The van der Waals surface area contributed by atoms with E-state index in [0.29, 0.717) is 6.10 Å². The van der Waals surface area contributed by atoms with Gasteiger partial charge in [0.2, 0.25) is 0 Å². The minimum atomic E-state index is 0.300. The molecule has 1 aliphatic heterocycles. The van der Waals surface area contributed by atoms with Crippen LogP contribution >= 0.6 is 15.9 Å². The van der Waals surface area contributed by atoms with E-state index in [9.17, 15) is 0 Å². The monoisotopic (exact) mass is 299 g/mol. The molecule has 1 unspecified atom stereocenters. The molecule has 0 saturated carbocycles. The molecular formula is C14H22BrNO. The maximum absolute atomic E-state index is 6.01. The zero-order valence-electron chi connectivity index (χ0n) is 10.8. The Balaban J connectivity index is 2.63. The first kappa shape index (κ1) is 14.5. The Morgan fingerprint density at radius 1 is 1.59 bits per heavy atom. The van der Waals surface area contributed by atoms with Gasteiger partial charge in [-0.3, -0.25) is 0 Å². The molecule has 1 atom stereocenters. The number of halogens is 1. The minimum Gasteiger partial charge on any atom is -0.489 e. The molecule has 0 aliphatic carbocycles. The first-order valence-electron chi connectivity index (χ1n) is 6.24. The fourth-order valence-corrected chi connectivity index (χ4v) is 1.86. The molecule has 17 heavy (non-hydrogen) atoms. The van der Waals surface area contributed by atoms with E-state index in [0.717, 1.165) is 41.7 Å². The van der Waals surface area contributed by atoms with Gasteiger partial charge in [0, 0.05) is 11.0 Å². The largest absolute Gasteiger partial charge is 0.489 e.